The summed E-state index contributed by atoms with van der Waals surface area (Å²) in [5, 5.41) is 2.75. The summed E-state index contributed by atoms with van der Waals surface area (Å²) in [6, 6.07) is 16.3. The van der Waals surface area contributed by atoms with Gasteiger partial charge in [0.15, 0.2) is 5.78 Å². The molecule has 1 amide bonds. The van der Waals surface area contributed by atoms with Crippen molar-refractivity contribution in [1.29, 1.82) is 0 Å². The quantitative estimate of drug-likeness (QED) is 0.472. The largest absolute Gasteiger partial charge is 0.354 e. The number of ketones is 1. The molecule has 6 nitrogen and oxygen atoms in total. The van der Waals surface area contributed by atoms with E-state index in [9.17, 15) is 18.0 Å². The van der Waals surface area contributed by atoms with Crippen molar-refractivity contribution in [1.82, 2.24) is 5.32 Å². The van der Waals surface area contributed by atoms with Gasteiger partial charge in [-0.3, -0.25) is 13.9 Å². The van der Waals surface area contributed by atoms with Crippen molar-refractivity contribution in [2.45, 2.75) is 12.7 Å². The molecule has 0 unspecified atom stereocenters. The fourth-order valence-electron chi connectivity index (χ4n) is 2.49. The third kappa shape index (κ3) is 7.01. The fraction of sp³-hybridized carbons (Fsp3) is 0.300. The second kappa shape index (κ2) is 10.3. The van der Waals surface area contributed by atoms with Crippen LogP contribution in [0.4, 0.5) is 5.69 Å². The molecule has 0 fully saturated rings. The first kappa shape index (κ1) is 22.0. The summed E-state index contributed by atoms with van der Waals surface area (Å²) in [5.41, 5.74) is 1.90. The molecule has 2 rings (SSSR count). The van der Waals surface area contributed by atoms with Crippen molar-refractivity contribution in [3.8, 4) is 0 Å². The zero-order valence-corrected chi connectivity index (χ0v) is 17.6. The highest BCUT2D eigenvalue weighted by molar-refractivity contribution is 7.98. The Bertz CT molecular complexity index is 915. The van der Waals surface area contributed by atoms with Crippen LogP contribution in [0.3, 0.4) is 0 Å². The van der Waals surface area contributed by atoms with Gasteiger partial charge in [-0.2, -0.15) is 11.8 Å². The Labute approximate surface area is 170 Å². The van der Waals surface area contributed by atoms with Crippen molar-refractivity contribution < 1.29 is 18.0 Å². The molecule has 8 heteroatoms. The standard InChI is InChI=1S/C20H24N2O4S2/c1-16(23)18-9-6-10-19(13-18)22(28(2,25)26)14-20(24)21-11-12-27-15-17-7-4-3-5-8-17/h3-10,13H,11-12,14-15H2,1-2H3,(H,21,24). The number of carbonyl (C=O) groups excluding carboxylic acids is 2. The first-order chi connectivity index (χ1) is 13.3. The van der Waals surface area contributed by atoms with Crippen molar-refractivity contribution >= 4 is 39.2 Å². The van der Waals surface area contributed by atoms with E-state index in [1.165, 1.54) is 18.6 Å². The van der Waals surface area contributed by atoms with E-state index in [-0.39, 0.29) is 18.2 Å². The number of amides is 1. The molecule has 0 saturated heterocycles. The zero-order valence-electron chi connectivity index (χ0n) is 15.9. The molecule has 1 N–H and O–H groups in total. The third-order valence-corrected chi connectivity index (χ3v) is 6.08. The van der Waals surface area contributed by atoms with Gasteiger partial charge in [-0.15, -0.1) is 0 Å². The van der Waals surface area contributed by atoms with E-state index in [0.29, 0.717) is 17.8 Å². The van der Waals surface area contributed by atoms with Gasteiger partial charge >= 0.3 is 0 Å². The molecule has 0 aromatic heterocycles. The molecule has 0 radical (unpaired) electrons. The molecule has 0 spiro atoms. The molecule has 2 aromatic carbocycles. The monoisotopic (exact) mass is 420 g/mol. The fourth-order valence-corrected chi connectivity index (χ4v) is 4.16. The van der Waals surface area contributed by atoms with E-state index >= 15 is 0 Å². The van der Waals surface area contributed by atoms with Gasteiger partial charge in [0.05, 0.1) is 11.9 Å². The lowest BCUT2D eigenvalue weighted by Gasteiger charge is -2.22. The molecule has 0 saturated carbocycles. The van der Waals surface area contributed by atoms with Crippen LogP contribution in [0.1, 0.15) is 22.8 Å². The number of benzene rings is 2. The number of nitrogens with zero attached hydrogens (tertiary/aromatic N) is 1. The number of thioether (sulfide) groups is 1. The number of anilines is 1. The minimum atomic E-state index is -3.67. The topological polar surface area (TPSA) is 83.6 Å². The minimum absolute atomic E-state index is 0.171. The number of hydrogen-bond donors (Lipinski definition) is 1. The second-order valence-electron chi connectivity index (χ2n) is 6.26. The van der Waals surface area contributed by atoms with Crippen molar-refractivity contribution in [2.24, 2.45) is 0 Å². The molecule has 0 aliphatic heterocycles. The molecule has 28 heavy (non-hydrogen) atoms. The number of hydrogen-bond acceptors (Lipinski definition) is 5. The summed E-state index contributed by atoms with van der Waals surface area (Å²) in [6.07, 6.45) is 1.04. The maximum atomic E-state index is 12.2. The maximum absolute atomic E-state index is 12.2. The summed E-state index contributed by atoms with van der Waals surface area (Å²) in [4.78, 5) is 23.8. The van der Waals surface area contributed by atoms with E-state index in [2.05, 4.69) is 5.32 Å². The summed E-state index contributed by atoms with van der Waals surface area (Å²) >= 11 is 1.69. The molecule has 2 aromatic rings. The molecule has 0 heterocycles. The van der Waals surface area contributed by atoms with Crippen molar-refractivity contribution in [3.63, 3.8) is 0 Å². The van der Waals surface area contributed by atoms with Gasteiger partial charge in [-0.05, 0) is 24.6 Å². The van der Waals surface area contributed by atoms with Crippen molar-refractivity contribution in [2.75, 3.05) is 29.4 Å². The first-order valence-corrected chi connectivity index (χ1v) is 11.7. The number of nitrogens with one attached hydrogen (secondary N) is 1. The van der Waals surface area contributed by atoms with Crippen LogP contribution in [0.15, 0.2) is 54.6 Å². The lowest BCUT2D eigenvalue weighted by Crippen LogP contribution is -2.41. The summed E-state index contributed by atoms with van der Waals surface area (Å²) in [5.74, 6) is 1.01. The third-order valence-electron chi connectivity index (χ3n) is 3.91. The second-order valence-corrected chi connectivity index (χ2v) is 9.28. The predicted molar refractivity (Wildman–Crippen MR) is 114 cm³/mol. The molecule has 150 valence electrons. The summed E-state index contributed by atoms with van der Waals surface area (Å²) in [6.45, 7) is 1.52. The van der Waals surface area contributed by atoms with Crippen molar-refractivity contribution in [3.05, 3.63) is 65.7 Å². The Morgan fingerprint density at radius 2 is 1.79 bits per heavy atom. The lowest BCUT2D eigenvalue weighted by molar-refractivity contribution is -0.119. The normalized spacial score (nSPS) is 11.1. The Hall–Kier alpha value is -2.32. The number of Topliss-reactive ketones (excluding diaryl/α,β-unsaturated/α-hetero) is 1. The summed E-state index contributed by atoms with van der Waals surface area (Å²) < 4.78 is 25.3. The minimum Gasteiger partial charge on any atom is -0.354 e. The Morgan fingerprint density at radius 1 is 1.07 bits per heavy atom. The van der Waals surface area contributed by atoms with Crippen LogP contribution < -0.4 is 9.62 Å². The van der Waals surface area contributed by atoms with E-state index in [4.69, 9.17) is 0 Å². The molecular weight excluding hydrogens is 396 g/mol. The average Bonchev–Trinajstić information content (AvgIpc) is 2.66. The molecule has 0 bridgehead atoms. The highest BCUT2D eigenvalue weighted by Crippen LogP contribution is 2.19. The number of sulfonamides is 1. The number of rotatable bonds is 10. The van der Waals surface area contributed by atoms with Gasteiger partial charge in [0.2, 0.25) is 15.9 Å². The number of carbonyl (C=O) groups is 2. The molecule has 0 atom stereocenters. The Morgan fingerprint density at radius 3 is 2.43 bits per heavy atom. The van der Waals surface area contributed by atoms with E-state index in [1.807, 2.05) is 30.3 Å². The van der Waals surface area contributed by atoms with Gasteiger partial charge in [0.25, 0.3) is 0 Å². The van der Waals surface area contributed by atoms with E-state index < -0.39 is 10.0 Å². The molecule has 0 aliphatic rings. The lowest BCUT2D eigenvalue weighted by atomic mass is 10.1. The van der Waals surface area contributed by atoms with Crippen LogP contribution in [0.5, 0.6) is 0 Å². The van der Waals surface area contributed by atoms with Crippen LogP contribution in [-0.4, -0.2) is 45.2 Å². The van der Waals surface area contributed by atoms with Gasteiger partial charge in [0, 0.05) is 23.6 Å². The van der Waals surface area contributed by atoms with Gasteiger partial charge in [0.1, 0.15) is 6.54 Å². The average molecular weight is 421 g/mol. The van der Waals surface area contributed by atoms with Crippen LogP contribution in [0, 0.1) is 0 Å². The van der Waals surface area contributed by atoms with Crippen LogP contribution in [0.25, 0.3) is 0 Å². The molecule has 0 aliphatic carbocycles. The predicted octanol–water partition coefficient (Wildman–Crippen LogP) is 2.70. The summed E-state index contributed by atoms with van der Waals surface area (Å²) in [7, 11) is -3.67. The van der Waals surface area contributed by atoms with Crippen LogP contribution >= 0.6 is 11.8 Å². The van der Waals surface area contributed by atoms with Crippen LogP contribution in [0.2, 0.25) is 0 Å². The van der Waals surface area contributed by atoms with Gasteiger partial charge in [-0.25, -0.2) is 8.42 Å². The first-order valence-electron chi connectivity index (χ1n) is 8.74. The molecular formula is C20H24N2O4S2. The van der Waals surface area contributed by atoms with Crippen LogP contribution in [-0.2, 0) is 20.6 Å². The van der Waals surface area contributed by atoms with E-state index in [1.54, 1.807) is 30.0 Å². The SMILES string of the molecule is CC(=O)c1cccc(N(CC(=O)NCCSCc2ccccc2)S(C)(=O)=O)c1. The Kier molecular flexibility index (Phi) is 8.07. The van der Waals surface area contributed by atoms with E-state index in [0.717, 1.165) is 22.1 Å². The van der Waals surface area contributed by atoms with Gasteiger partial charge < -0.3 is 5.32 Å². The highest BCUT2D eigenvalue weighted by Gasteiger charge is 2.21. The smallest absolute Gasteiger partial charge is 0.240 e. The van der Waals surface area contributed by atoms with Gasteiger partial charge in [-0.1, -0.05) is 42.5 Å². The highest BCUT2D eigenvalue weighted by atomic mass is 32.2. The zero-order chi connectivity index (χ0) is 20.6. The maximum Gasteiger partial charge on any atom is 0.240 e. The Balaban J connectivity index is 1.89.